The van der Waals surface area contributed by atoms with Gasteiger partial charge >= 0.3 is 16.1 Å². The zero-order chi connectivity index (χ0) is 19.0. The Morgan fingerprint density at radius 1 is 1.08 bits per heavy atom. The number of esters is 1. The van der Waals surface area contributed by atoms with Gasteiger partial charge in [-0.25, -0.2) is 0 Å². The number of carbonyl (C=O) groups excluding carboxylic acids is 1. The second-order valence-electron chi connectivity index (χ2n) is 5.60. The van der Waals surface area contributed by atoms with Crippen molar-refractivity contribution in [2.24, 2.45) is 0 Å². The van der Waals surface area contributed by atoms with Crippen molar-refractivity contribution >= 4 is 16.1 Å². The van der Waals surface area contributed by atoms with Gasteiger partial charge in [-0.1, -0.05) is 36.4 Å². The molecule has 0 atom stereocenters. The van der Waals surface area contributed by atoms with Gasteiger partial charge in [0.1, 0.15) is 6.07 Å². The van der Waals surface area contributed by atoms with Crippen LogP contribution in [-0.4, -0.2) is 27.2 Å². The second kappa shape index (κ2) is 9.02. The molecule has 0 heterocycles. The minimum atomic E-state index is -3.83. The van der Waals surface area contributed by atoms with Crippen LogP contribution in [0.1, 0.15) is 23.1 Å². The van der Waals surface area contributed by atoms with Crippen LogP contribution in [0.15, 0.2) is 48.5 Å². The topological polar surface area (TPSA) is 93.5 Å². The van der Waals surface area contributed by atoms with Gasteiger partial charge < -0.3 is 8.92 Å². The molecule has 0 radical (unpaired) electrons. The maximum Gasteiger partial charge on any atom is 0.309 e. The van der Waals surface area contributed by atoms with Crippen LogP contribution >= 0.6 is 0 Å². The molecule has 0 N–H and O–H groups in total. The fourth-order valence-corrected chi connectivity index (χ4v) is 3.33. The Balaban J connectivity index is 1.99. The standard InChI is InChI=1S/C19H19NO5S/c1-24-19(21)10-9-15-5-4-6-16(13-15)11-12-26(22,23)25-18-8-3-2-7-17(18)14-20/h2-8,13H,9-12H2,1H3. The first kappa shape index (κ1) is 19.5. The molecule has 0 saturated heterocycles. The first-order chi connectivity index (χ1) is 12.4. The van der Waals surface area contributed by atoms with Crippen LogP contribution in [-0.2, 0) is 32.5 Å². The molecule has 0 aliphatic rings. The van der Waals surface area contributed by atoms with Crippen LogP contribution in [0.4, 0.5) is 0 Å². The molecular formula is C19H19NO5S. The van der Waals surface area contributed by atoms with Gasteiger partial charge in [-0.3, -0.25) is 4.79 Å². The number of hydrogen-bond acceptors (Lipinski definition) is 6. The van der Waals surface area contributed by atoms with Crippen LogP contribution in [0, 0.1) is 11.3 Å². The summed E-state index contributed by atoms with van der Waals surface area (Å²) in [7, 11) is -2.49. The van der Waals surface area contributed by atoms with Crippen molar-refractivity contribution in [1.82, 2.24) is 0 Å². The van der Waals surface area contributed by atoms with E-state index in [1.807, 2.05) is 30.3 Å². The number of para-hydroxylation sites is 1. The highest BCUT2D eigenvalue weighted by Crippen LogP contribution is 2.19. The molecule has 0 spiro atoms. The van der Waals surface area contributed by atoms with Gasteiger partial charge in [0, 0.05) is 6.42 Å². The summed E-state index contributed by atoms with van der Waals surface area (Å²) < 4.78 is 34.0. The Kier molecular flexibility index (Phi) is 6.75. The van der Waals surface area contributed by atoms with Gasteiger partial charge in [-0.15, -0.1) is 0 Å². The number of ether oxygens (including phenoxy) is 1. The van der Waals surface area contributed by atoms with Crippen molar-refractivity contribution in [3.8, 4) is 11.8 Å². The highest BCUT2D eigenvalue weighted by atomic mass is 32.2. The van der Waals surface area contributed by atoms with Gasteiger partial charge in [0.2, 0.25) is 0 Å². The minimum Gasteiger partial charge on any atom is -0.469 e. The molecule has 0 unspecified atom stereocenters. The zero-order valence-electron chi connectivity index (χ0n) is 14.3. The molecule has 0 fully saturated rings. The average Bonchev–Trinajstić information content (AvgIpc) is 2.65. The van der Waals surface area contributed by atoms with E-state index in [4.69, 9.17) is 9.44 Å². The lowest BCUT2D eigenvalue weighted by Crippen LogP contribution is -2.16. The summed E-state index contributed by atoms with van der Waals surface area (Å²) in [6, 6.07) is 15.5. The van der Waals surface area contributed by atoms with E-state index in [2.05, 4.69) is 4.74 Å². The van der Waals surface area contributed by atoms with E-state index in [1.54, 1.807) is 12.1 Å². The Labute approximate surface area is 153 Å². The van der Waals surface area contributed by atoms with E-state index < -0.39 is 10.1 Å². The molecule has 0 amide bonds. The fraction of sp³-hybridized carbons (Fsp3) is 0.263. The van der Waals surface area contributed by atoms with Crippen molar-refractivity contribution in [2.75, 3.05) is 12.9 Å². The van der Waals surface area contributed by atoms with E-state index in [0.717, 1.165) is 11.1 Å². The maximum absolute atomic E-state index is 12.2. The zero-order valence-corrected chi connectivity index (χ0v) is 15.2. The minimum absolute atomic E-state index is 0.0295. The third kappa shape index (κ3) is 5.90. The van der Waals surface area contributed by atoms with Crippen molar-refractivity contribution in [3.05, 3.63) is 65.2 Å². The van der Waals surface area contributed by atoms with Crippen LogP contribution in [0.3, 0.4) is 0 Å². The highest BCUT2D eigenvalue weighted by Gasteiger charge is 2.15. The molecule has 0 aliphatic carbocycles. The smallest absolute Gasteiger partial charge is 0.309 e. The summed E-state index contributed by atoms with van der Waals surface area (Å²) >= 11 is 0. The predicted octanol–water partition coefficient (Wildman–Crippen LogP) is 2.62. The molecule has 0 aromatic heterocycles. The lowest BCUT2D eigenvalue weighted by Gasteiger charge is -2.09. The Morgan fingerprint density at radius 2 is 1.77 bits per heavy atom. The predicted molar refractivity (Wildman–Crippen MR) is 96.1 cm³/mol. The summed E-state index contributed by atoms with van der Waals surface area (Å²) in [5, 5.41) is 9.00. The molecule has 0 aliphatic heterocycles. The molecule has 2 aromatic carbocycles. The average molecular weight is 373 g/mol. The summed E-state index contributed by atoms with van der Waals surface area (Å²) in [5.74, 6) is -0.475. The Hall–Kier alpha value is -2.85. The van der Waals surface area contributed by atoms with E-state index in [1.165, 1.54) is 19.2 Å². The normalized spacial score (nSPS) is 10.8. The van der Waals surface area contributed by atoms with Gasteiger partial charge in [0.25, 0.3) is 0 Å². The van der Waals surface area contributed by atoms with Crippen LogP contribution in [0.5, 0.6) is 5.75 Å². The number of benzene rings is 2. The summed E-state index contributed by atoms with van der Waals surface area (Å²) in [6.45, 7) is 0. The lowest BCUT2D eigenvalue weighted by atomic mass is 10.1. The Bertz CT molecular complexity index is 916. The van der Waals surface area contributed by atoms with Crippen LogP contribution in [0.2, 0.25) is 0 Å². The SMILES string of the molecule is COC(=O)CCc1cccc(CCS(=O)(=O)Oc2ccccc2C#N)c1. The first-order valence-electron chi connectivity index (χ1n) is 7.99. The number of aryl methyl sites for hydroxylation is 2. The number of rotatable bonds is 8. The molecule has 26 heavy (non-hydrogen) atoms. The molecule has 2 rings (SSSR count). The van der Waals surface area contributed by atoms with Crippen molar-refractivity contribution < 1.29 is 22.1 Å². The van der Waals surface area contributed by atoms with Gasteiger partial charge in [-0.05, 0) is 36.1 Å². The van der Waals surface area contributed by atoms with E-state index >= 15 is 0 Å². The third-order valence-electron chi connectivity index (χ3n) is 3.70. The number of nitrogens with zero attached hydrogens (tertiary/aromatic N) is 1. The summed E-state index contributed by atoms with van der Waals surface area (Å²) in [4.78, 5) is 11.2. The second-order valence-corrected chi connectivity index (χ2v) is 7.29. The summed E-state index contributed by atoms with van der Waals surface area (Å²) in [5.41, 5.74) is 1.93. The molecule has 136 valence electrons. The Morgan fingerprint density at radius 3 is 2.46 bits per heavy atom. The van der Waals surface area contributed by atoms with Crippen LogP contribution in [0.25, 0.3) is 0 Å². The number of hydrogen-bond donors (Lipinski definition) is 0. The molecule has 7 heteroatoms. The van der Waals surface area contributed by atoms with Gasteiger partial charge in [0.05, 0.1) is 18.4 Å². The molecule has 0 bridgehead atoms. The maximum atomic E-state index is 12.2. The van der Waals surface area contributed by atoms with E-state index in [9.17, 15) is 13.2 Å². The van der Waals surface area contributed by atoms with Crippen molar-refractivity contribution in [3.63, 3.8) is 0 Å². The monoisotopic (exact) mass is 373 g/mol. The molecule has 2 aromatic rings. The van der Waals surface area contributed by atoms with Gasteiger partial charge in [0.15, 0.2) is 5.75 Å². The lowest BCUT2D eigenvalue weighted by molar-refractivity contribution is -0.140. The first-order valence-corrected chi connectivity index (χ1v) is 9.57. The fourth-order valence-electron chi connectivity index (χ4n) is 2.34. The molecule has 6 nitrogen and oxygen atoms in total. The van der Waals surface area contributed by atoms with Gasteiger partial charge in [-0.2, -0.15) is 13.7 Å². The van der Waals surface area contributed by atoms with E-state index in [-0.39, 0.29) is 35.9 Å². The number of carbonyl (C=O) groups is 1. The third-order valence-corrected chi connectivity index (χ3v) is 4.84. The van der Waals surface area contributed by atoms with Crippen molar-refractivity contribution in [1.29, 1.82) is 5.26 Å². The molecular weight excluding hydrogens is 354 g/mol. The number of methoxy groups -OCH3 is 1. The number of nitriles is 1. The highest BCUT2D eigenvalue weighted by molar-refractivity contribution is 7.87. The summed E-state index contributed by atoms with van der Waals surface area (Å²) in [6.07, 6.45) is 1.06. The van der Waals surface area contributed by atoms with Crippen molar-refractivity contribution in [2.45, 2.75) is 19.3 Å². The van der Waals surface area contributed by atoms with E-state index in [0.29, 0.717) is 6.42 Å². The largest absolute Gasteiger partial charge is 0.469 e. The van der Waals surface area contributed by atoms with Crippen LogP contribution < -0.4 is 4.18 Å². The molecule has 0 saturated carbocycles. The quantitative estimate of drug-likeness (QED) is 0.522.